The van der Waals surface area contributed by atoms with Crippen molar-refractivity contribution in [2.75, 3.05) is 18.5 Å². The molecule has 6 nitrogen and oxygen atoms in total. The molecule has 0 radical (unpaired) electrons. The van der Waals surface area contributed by atoms with Crippen molar-refractivity contribution in [3.8, 4) is 0 Å². The van der Waals surface area contributed by atoms with Gasteiger partial charge in [0.05, 0.1) is 6.04 Å². The molecule has 1 aliphatic carbocycles. The Hall–Kier alpha value is -1.99. The number of aliphatic hydroxyl groups excluding tert-OH is 1. The van der Waals surface area contributed by atoms with Gasteiger partial charge in [0.15, 0.2) is 0 Å². The van der Waals surface area contributed by atoms with Crippen molar-refractivity contribution in [1.82, 2.24) is 15.1 Å². The van der Waals surface area contributed by atoms with Gasteiger partial charge in [0.25, 0.3) is 0 Å². The Kier molecular flexibility index (Phi) is 5.19. The number of hydrogen-bond donors (Lipinski definition) is 2. The molecule has 1 aliphatic rings. The predicted molar refractivity (Wildman–Crippen MR) is 89.5 cm³/mol. The number of benzene rings is 1. The van der Waals surface area contributed by atoms with Crippen molar-refractivity contribution in [2.45, 2.75) is 31.7 Å². The van der Waals surface area contributed by atoms with E-state index in [4.69, 9.17) is 5.11 Å². The van der Waals surface area contributed by atoms with Gasteiger partial charge >= 0.3 is 6.03 Å². The highest BCUT2D eigenvalue weighted by Crippen LogP contribution is 2.34. The van der Waals surface area contributed by atoms with E-state index >= 15 is 0 Å². The van der Waals surface area contributed by atoms with E-state index in [-0.39, 0.29) is 18.7 Å². The minimum absolute atomic E-state index is 0.0411. The standard InChI is InChI=1S/C16H20N4O2S/c21-10-4-9-20(16(22)18-15-19-17-11-23-15)14-8-3-6-12-5-1-2-7-13(12)14/h1-2,5,7,11,14,21H,3-4,6,8-10H2,(H,18,19,22)/t14-/m0/s1. The van der Waals surface area contributed by atoms with Crippen LogP contribution in [0.1, 0.15) is 36.4 Å². The molecule has 23 heavy (non-hydrogen) atoms. The van der Waals surface area contributed by atoms with E-state index in [2.05, 4.69) is 27.6 Å². The molecule has 2 aromatic rings. The van der Waals surface area contributed by atoms with Gasteiger partial charge in [-0.25, -0.2) is 4.79 Å². The highest BCUT2D eigenvalue weighted by atomic mass is 32.1. The number of nitrogens with zero attached hydrogens (tertiary/aromatic N) is 3. The molecule has 0 saturated carbocycles. The number of hydrogen-bond acceptors (Lipinski definition) is 5. The van der Waals surface area contributed by atoms with Crippen LogP contribution in [0.3, 0.4) is 0 Å². The molecule has 0 unspecified atom stereocenters. The molecule has 0 spiro atoms. The van der Waals surface area contributed by atoms with Crippen LogP contribution in [-0.4, -0.2) is 39.4 Å². The molecule has 7 heteroatoms. The summed E-state index contributed by atoms with van der Waals surface area (Å²) in [5.74, 6) is 0. The Morgan fingerprint density at radius 2 is 2.30 bits per heavy atom. The largest absolute Gasteiger partial charge is 0.396 e. The predicted octanol–water partition coefficient (Wildman–Crippen LogP) is 2.83. The van der Waals surface area contributed by atoms with Crippen LogP contribution in [0.15, 0.2) is 29.8 Å². The molecule has 1 atom stereocenters. The fraction of sp³-hybridized carbons (Fsp3) is 0.438. The lowest BCUT2D eigenvalue weighted by Crippen LogP contribution is -2.40. The fourth-order valence-electron chi connectivity index (χ4n) is 3.08. The summed E-state index contributed by atoms with van der Waals surface area (Å²) < 4.78 is 0. The number of aliphatic hydroxyl groups is 1. The van der Waals surface area contributed by atoms with Gasteiger partial charge in [0.2, 0.25) is 5.13 Å². The zero-order valence-corrected chi connectivity index (χ0v) is 13.6. The summed E-state index contributed by atoms with van der Waals surface area (Å²) in [7, 11) is 0. The summed E-state index contributed by atoms with van der Waals surface area (Å²) >= 11 is 1.29. The number of anilines is 1. The molecular weight excluding hydrogens is 312 g/mol. The minimum Gasteiger partial charge on any atom is -0.396 e. The third-order valence-corrected chi connectivity index (χ3v) is 4.71. The number of aryl methyl sites for hydroxylation is 1. The number of fused-ring (bicyclic) bond motifs is 1. The van der Waals surface area contributed by atoms with Crippen LogP contribution in [0.4, 0.5) is 9.93 Å². The maximum absolute atomic E-state index is 12.7. The highest BCUT2D eigenvalue weighted by molar-refractivity contribution is 7.13. The average Bonchev–Trinajstić information content (AvgIpc) is 3.08. The van der Waals surface area contributed by atoms with Crippen molar-refractivity contribution in [3.63, 3.8) is 0 Å². The van der Waals surface area contributed by atoms with Crippen LogP contribution in [0.5, 0.6) is 0 Å². The molecule has 1 aromatic carbocycles. The molecule has 2 amide bonds. The Morgan fingerprint density at radius 1 is 1.43 bits per heavy atom. The van der Waals surface area contributed by atoms with Gasteiger partial charge < -0.3 is 10.0 Å². The molecule has 0 bridgehead atoms. The summed E-state index contributed by atoms with van der Waals surface area (Å²) in [6.45, 7) is 0.580. The Labute approximate surface area is 139 Å². The van der Waals surface area contributed by atoms with E-state index < -0.39 is 0 Å². The first-order chi connectivity index (χ1) is 11.3. The van der Waals surface area contributed by atoms with Gasteiger partial charge in [-0.15, -0.1) is 10.2 Å². The molecule has 0 fully saturated rings. The van der Waals surface area contributed by atoms with Gasteiger partial charge in [-0.3, -0.25) is 5.32 Å². The summed E-state index contributed by atoms with van der Waals surface area (Å²) in [5.41, 5.74) is 4.11. The first-order valence-electron chi connectivity index (χ1n) is 7.82. The first-order valence-corrected chi connectivity index (χ1v) is 8.70. The molecule has 2 N–H and O–H groups in total. The third kappa shape index (κ3) is 3.68. The number of carbonyl (C=O) groups excluding carboxylic acids is 1. The lowest BCUT2D eigenvalue weighted by atomic mass is 9.87. The van der Waals surface area contributed by atoms with Crippen LogP contribution in [-0.2, 0) is 6.42 Å². The Bertz CT molecular complexity index is 647. The van der Waals surface area contributed by atoms with Crippen molar-refractivity contribution >= 4 is 22.5 Å². The van der Waals surface area contributed by atoms with Crippen LogP contribution < -0.4 is 5.32 Å². The molecular formula is C16H20N4O2S. The summed E-state index contributed by atoms with van der Waals surface area (Å²) in [6, 6.07) is 8.15. The fourth-order valence-corrected chi connectivity index (χ4v) is 3.52. The maximum atomic E-state index is 12.7. The number of rotatable bonds is 5. The summed E-state index contributed by atoms with van der Waals surface area (Å²) in [5, 5.41) is 20.1. The van der Waals surface area contributed by atoms with Gasteiger partial charge in [0.1, 0.15) is 5.51 Å². The Balaban J connectivity index is 1.83. The molecule has 1 heterocycles. The van der Waals surface area contributed by atoms with E-state index in [9.17, 15) is 4.79 Å². The maximum Gasteiger partial charge on any atom is 0.324 e. The molecule has 0 aliphatic heterocycles. The minimum atomic E-state index is -0.183. The van der Waals surface area contributed by atoms with Crippen molar-refractivity contribution in [3.05, 3.63) is 40.9 Å². The van der Waals surface area contributed by atoms with Crippen LogP contribution >= 0.6 is 11.3 Å². The van der Waals surface area contributed by atoms with Gasteiger partial charge in [-0.05, 0) is 36.8 Å². The van der Waals surface area contributed by atoms with Crippen molar-refractivity contribution in [1.29, 1.82) is 0 Å². The number of urea groups is 1. The monoisotopic (exact) mass is 332 g/mol. The second kappa shape index (κ2) is 7.52. The van der Waals surface area contributed by atoms with Crippen molar-refractivity contribution < 1.29 is 9.90 Å². The normalized spacial score (nSPS) is 16.7. The van der Waals surface area contributed by atoms with E-state index in [0.29, 0.717) is 18.1 Å². The second-order valence-electron chi connectivity index (χ2n) is 5.55. The SMILES string of the molecule is O=C(Nc1nncs1)N(CCCO)[C@H]1CCCc2ccccc21. The molecule has 1 aromatic heterocycles. The second-order valence-corrected chi connectivity index (χ2v) is 6.38. The summed E-state index contributed by atoms with van der Waals surface area (Å²) in [4.78, 5) is 14.5. The number of carbonyl (C=O) groups is 1. The lowest BCUT2D eigenvalue weighted by Gasteiger charge is -2.35. The average molecular weight is 332 g/mol. The number of amides is 2. The zero-order chi connectivity index (χ0) is 16.1. The molecule has 3 rings (SSSR count). The lowest BCUT2D eigenvalue weighted by molar-refractivity contribution is 0.169. The van der Waals surface area contributed by atoms with Crippen LogP contribution in [0.25, 0.3) is 0 Å². The van der Waals surface area contributed by atoms with E-state index in [1.54, 1.807) is 5.51 Å². The van der Waals surface area contributed by atoms with Crippen LogP contribution in [0.2, 0.25) is 0 Å². The summed E-state index contributed by atoms with van der Waals surface area (Å²) in [6.07, 6.45) is 3.61. The topological polar surface area (TPSA) is 78.4 Å². The number of aromatic nitrogens is 2. The van der Waals surface area contributed by atoms with E-state index in [0.717, 1.165) is 19.3 Å². The molecule has 122 valence electrons. The van der Waals surface area contributed by atoms with E-state index in [1.165, 1.54) is 22.5 Å². The van der Waals surface area contributed by atoms with Gasteiger partial charge in [-0.2, -0.15) is 0 Å². The van der Waals surface area contributed by atoms with E-state index in [1.807, 2.05) is 17.0 Å². The smallest absolute Gasteiger partial charge is 0.324 e. The first kappa shape index (κ1) is 15.9. The highest BCUT2D eigenvalue weighted by Gasteiger charge is 2.29. The van der Waals surface area contributed by atoms with Gasteiger partial charge in [-0.1, -0.05) is 35.6 Å². The quantitative estimate of drug-likeness (QED) is 0.882. The van der Waals surface area contributed by atoms with Crippen LogP contribution in [0, 0.1) is 0 Å². The zero-order valence-electron chi connectivity index (χ0n) is 12.8. The molecule has 0 saturated heterocycles. The van der Waals surface area contributed by atoms with Crippen molar-refractivity contribution in [2.24, 2.45) is 0 Å². The number of nitrogens with one attached hydrogen (secondary N) is 1. The third-order valence-electron chi connectivity index (χ3n) is 4.11. The van der Waals surface area contributed by atoms with Gasteiger partial charge in [0, 0.05) is 13.2 Å². The Morgan fingerprint density at radius 3 is 3.09 bits per heavy atom.